The second-order valence-electron chi connectivity index (χ2n) is 6.39. The Hall–Kier alpha value is -3.08. The Morgan fingerprint density at radius 3 is 2.38 bits per heavy atom. The molecule has 0 saturated carbocycles. The zero-order valence-electron chi connectivity index (χ0n) is 15.1. The molecule has 3 rings (SSSR count). The molecule has 0 aromatic heterocycles. The van der Waals surface area contributed by atoms with Gasteiger partial charge >= 0.3 is 0 Å². The molecule has 0 aliphatic carbocycles. The Morgan fingerprint density at radius 1 is 1.12 bits per heavy atom. The highest BCUT2D eigenvalue weighted by Gasteiger charge is 2.36. The van der Waals surface area contributed by atoms with Crippen molar-refractivity contribution in [1.29, 1.82) is 0 Å². The summed E-state index contributed by atoms with van der Waals surface area (Å²) in [7, 11) is 1.98. The number of rotatable bonds is 6. The van der Waals surface area contributed by atoms with E-state index in [1.807, 2.05) is 55.6 Å². The first-order chi connectivity index (χ1) is 12.5. The number of amides is 2. The quantitative estimate of drug-likeness (QED) is 0.872. The van der Waals surface area contributed by atoms with Crippen LogP contribution in [0.4, 0.5) is 5.69 Å². The second-order valence-corrected chi connectivity index (χ2v) is 6.39. The fraction of sp³-hybridized carbons (Fsp3) is 0.238. The van der Waals surface area contributed by atoms with Gasteiger partial charge in [0.1, 0.15) is 6.04 Å². The van der Waals surface area contributed by atoms with Crippen LogP contribution in [0.1, 0.15) is 22.8 Å². The predicted molar refractivity (Wildman–Crippen MR) is 104 cm³/mol. The van der Waals surface area contributed by atoms with E-state index in [4.69, 9.17) is 0 Å². The summed E-state index contributed by atoms with van der Waals surface area (Å²) < 4.78 is 0. The molecule has 2 aromatic carbocycles. The van der Waals surface area contributed by atoms with Gasteiger partial charge in [-0.05, 0) is 25.1 Å². The van der Waals surface area contributed by atoms with Crippen LogP contribution in [0.2, 0.25) is 0 Å². The number of carbonyl (C=O) groups excluding carboxylic acids is 2. The molecule has 1 atom stereocenters. The van der Waals surface area contributed by atoms with Crippen LogP contribution in [0.5, 0.6) is 0 Å². The number of carbonyl (C=O) groups is 2. The van der Waals surface area contributed by atoms with Crippen LogP contribution in [0.25, 0.3) is 5.70 Å². The van der Waals surface area contributed by atoms with E-state index in [1.165, 1.54) is 4.90 Å². The largest absolute Gasteiger partial charge is 0.373 e. The Morgan fingerprint density at radius 2 is 1.73 bits per heavy atom. The van der Waals surface area contributed by atoms with E-state index in [2.05, 4.69) is 16.8 Å². The molecule has 0 radical (unpaired) electrons. The van der Waals surface area contributed by atoms with Crippen LogP contribution in [-0.2, 0) is 4.79 Å². The molecule has 0 spiro atoms. The molecule has 5 nitrogen and oxygen atoms in total. The van der Waals surface area contributed by atoms with E-state index in [0.29, 0.717) is 24.4 Å². The highest BCUT2D eigenvalue weighted by Crippen LogP contribution is 2.32. The van der Waals surface area contributed by atoms with Crippen molar-refractivity contribution in [1.82, 2.24) is 10.2 Å². The smallest absolute Gasteiger partial charge is 0.259 e. The standard InChI is InChI=1S/C21H23N3O2/c1-15-18-11-7-8-12-19(18)21(26)24(15)16(2)20(25)22-13-14-23(3)17-9-5-4-6-10-17/h4-12,16H,1,13-14H2,2-3H3,(H,22,25). The Labute approximate surface area is 153 Å². The fourth-order valence-electron chi connectivity index (χ4n) is 3.14. The van der Waals surface area contributed by atoms with E-state index in [0.717, 1.165) is 11.3 Å². The highest BCUT2D eigenvalue weighted by molar-refractivity contribution is 6.10. The van der Waals surface area contributed by atoms with Gasteiger partial charge in [0.25, 0.3) is 5.91 Å². The monoisotopic (exact) mass is 349 g/mol. The normalized spacial score (nSPS) is 14.2. The lowest BCUT2D eigenvalue weighted by Crippen LogP contribution is -2.46. The van der Waals surface area contributed by atoms with Gasteiger partial charge in [0.15, 0.2) is 0 Å². The molecular formula is C21H23N3O2. The summed E-state index contributed by atoms with van der Waals surface area (Å²) in [5, 5.41) is 2.91. The summed E-state index contributed by atoms with van der Waals surface area (Å²) >= 11 is 0. The fourth-order valence-corrected chi connectivity index (χ4v) is 3.14. The Bertz CT molecular complexity index is 797. The van der Waals surface area contributed by atoms with Gasteiger partial charge in [-0.25, -0.2) is 0 Å². The first-order valence-electron chi connectivity index (χ1n) is 8.66. The lowest BCUT2D eigenvalue weighted by Gasteiger charge is -2.25. The zero-order valence-corrected chi connectivity index (χ0v) is 15.1. The number of hydrogen-bond acceptors (Lipinski definition) is 3. The molecule has 5 heteroatoms. The topological polar surface area (TPSA) is 52.7 Å². The number of benzene rings is 2. The van der Waals surface area contributed by atoms with E-state index in [9.17, 15) is 9.59 Å². The molecule has 1 aliphatic rings. The van der Waals surface area contributed by atoms with Gasteiger partial charge in [0, 0.05) is 42.6 Å². The number of hydrogen-bond donors (Lipinski definition) is 1. The van der Waals surface area contributed by atoms with Crippen molar-refractivity contribution in [2.75, 3.05) is 25.0 Å². The lowest BCUT2D eigenvalue weighted by molar-refractivity contribution is -0.124. The van der Waals surface area contributed by atoms with Crippen molar-refractivity contribution in [2.24, 2.45) is 0 Å². The average molecular weight is 349 g/mol. The average Bonchev–Trinajstić information content (AvgIpc) is 2.92. The summed E-state index contributed by atoms with van der Waals surface area (Å²) in [5.41, 5.74) is 3.06. The summed E-state index contributed by atoms with van der Waals surface area (Å²) in [4.78, 5) is 28.7. The molecule has 1 heterocycles. The van der Waals surface area contributed by atoms with Gasteiger partial charge in [0.2, 0.25) is 5.91 Å². The number of anilines is 1. The first-order valence-corrected chi connectivity index (χ1v) is 8.66. The predicted octanol–water partition coefficient (Wildman–Crippen LogP) is 2.75. The van der Waals surface area contributed by atoms with Crippen LogP contribution in [-0.4, -0.2) is 42.9 Å². The Kier molecular flexibility index (Phi) is 5.07. The Balaban J connectivity index is 1.57. The molecule has 2 amide bonds. The number of fused-ring (bicyclic) bond motifs is 1. The van der Waals surface area contributed by atoms with Crippen molar-refractivity contribution < 1.29 is 9.59 Å². The molecule has 1 unspecified atom stereocenters. The number of para-hydroxylation sites is 1. The lowest BCUT2D eigenvalue weighted by atomic mass is 10.1. The highest BCUT2D eigenvalue weighted by atomic mass is 16.2. The first kappa shape index (κ1) is 17.7. The van der Waals surface area contributed by atoms with E-state index in [-0.39, 0.29) is 11.8 Å². The summed E-state index contributed by atoms with van der Waals surface area (Å²) in [6, 6.07) is 16.7. The van der Waals surface area contributed by atoms with Gasteiger partial charge in [-0.15, -0.1) is 0 Å². The molecule has 0 fully saturated rings. The van der Waals surface area contributed by atoms with Crippen molar-refractivity contribution in [3.05, 3.63) is 72.3 Å². The maximum atomic E-state index is 12.6. The van der Waals surface area contributed by atoms with Crippen LogP contribution in [0, 0.1) is 0 Å². The van der Waals surface area contributed by atoms with Crippen LogP contribution in [0.15, 0.2) is 61.2 Å². The van der Waals surface area contributed by atoms with E-state index in [1.54, 1.807) is 13.0 Å². The van der Waals surface area contributed by atoms with Crippen molar-refractivity contribution >= 4 is 23.2 Å². The molecule has 26 heavy (non-hydrogen) atoms. The van der Waals surface area contributed by atoms with Gasteiger partial charge in [0.05, 0.1) is 0 Å². The van der Waals surface area contributed by atoms with Crippen LogP contribution < -0.4 is 10.2 Å². The minimum atomic E-state index is -0.607. The third-order valence-corrected chi connectivity index (χ3v) is 4.69. The molecule has 0 saturated heterocycles. The van der Waals surface area contributed by atoms with E-state index >= 15 is 0 Å². The molecule has 1 N–H and O–H groups in total. The number of nitrogens with zero attached hydrogens (tertiary/aromatic N) is 2. The summed E-state index contributed by atoms with van der Waals surface area (Å²) in [6.07, 6.45) is 0. The van der Waals surface area contributed by atoms with Crippen molar-refractivity contribution in [3.8, 4) is 0 Å². The number of nitrogens with one attached hydrogen (secondary N) is 1. The maximum absolute atomic E-state index is 12.6. The van der Waals surface area contributed by atoms with Crippen LogP contribution in [0.3, 0.4) is 0 Å². The third kappa shape index (κ3) is 3.33. The van der Waals surface area contributed by atoms with Crippen molar-refractivity contribution in [3.63, 3.8) is 0 Å². The zero-order chi connectivity index (χ0) is 18.7. The summed E-state index contributed by atoms with van der Waals surface area (Å²) in [5.74, 6) is -0.358. The molecule has 0 bridgehead atoms. The van der Waals surface area contributed by atoms with Gasteiger partial charge in [-0.2, -0.15) is 0 Å². The van der Waals surface area contributed by atoms with Gasteiger partial charge < -0.3 is 10.2 Å². The van der Waals surface area contributed by atoms with Gasteiger partial charge in [-0.3, -0.25) is 14.5 Å². The SMILES string of the molecule is C=C1c2ccccc2C(=O)N1C(C)C(=O)NCCN(C)c1ccccc1. The minimum absolute atomic E-state index is 0.172. The second kappa shape index (κ2) is 7.44. The number of likely N-dealkylation sites (N-methyl/N-ethyl adjacent to an activating group) is 1. The third-order valence-electron chi connectivity index (χ3n) is 4.69. The molecule has 2 aromatic rings. The van der Waals surface area contributed by atoms with E-state index < -0.39 is 6.04 Å². The maximum Gasteiger partial charge on any atom is 0.259 e. The molecule has 1 aliphatic heterocycles. The minimum Gasteiger partial charge on any atom is -0.373 e. The van der Waals surface area contributed by atoms with Crippen molar-refractivity contribution in [2.45, 2.75) is 13.0 Å². The molecular weight excluding hydrogens is 326 g/mol. The summed E-state index contributed by atoms with van der Waals surface area (Å²) in [6.45, 7) is 6.90. The molecule has 134 valence electrons. The van der Waals surface area contributed by atoms with Gasteiger partial charge in [-0.1, -0.05) is 43.0 Å². The van der Waals surface area contributed by atoms with Crippen LogP contribution >= 0.6 is 0 Å².